The van der Waals surface area contributed by atoms with Crippen molar-refractivity contribution in [3.8, 4) is 39.5 Å². The van der Waals surface area contributed by atoms with Gasteiger partial charge in [0.05, 0.1) is 23.1 Å². The smallest absolute Gasteiger partial charge is 0.127 e. The fraction of sp³-hybridized carbons (Fsp3) is 0.250. The third-order valence-corrected chi connectivity index (χ3v) is 8.06. The number of halogens is 1. The molecule has 1 aliphatic rings. The number of likely N-dealkylation sites (tertiary alicyclic amines) is 1. The highest BCUT2D eigenvalue weighted by atomic mass is 19.1. The molecule has 1 saturated heterocycles. The number of nitrogens with zero attached hydrogens (tertiary/aromatic N) is 4. The summed E-state index contributed by atoms with van der Waals surface area (Å²) in [7, 11) is 2.02. The maximum Gasteiger partial charge on any atom is 0.127 e. The molecule has 3 aromatic heterocycles. The molecule has 7 rings (SSSR count). The lowest BCUT2D eigenvalue weighted by atomic mass is 10.0. The topological polar surface area (TPSA) is 74.8 Å². The number of nitrogens with one attached hydrogen (secondary N) is 2. The van der Waals surface area contributed by atoms with Crippen molar-refractivity contribution in [1.29, 1.82) is 0 Å². The normalized spacial score (nSPS) is 14.1. The van der Waals surface area contributed by atoms with Crippen LogP contribution in [0.4, 0.5) is 4.39 Å². The van der Waals surface area contributed by atoms with Gasteiger partial charge in [-0.1, -0.05) is 18.2 Å². The van der Waals surface area contributed by atoms with E-state index in [1.54, 1.807) is 6.07 Å². The Balaban J connectivity index is 1.23. The number of H-pyrrole nitrogens is 2. The fourth-order valence-electron chi connectivity index (χ4n) is 5.78. The Hall–Kier alpha value is -4.43. The van der Waals surface area contributed by atoms with Gasteiger partial charge in [-0.15, -0.1) is 0 Å². The molecular weight excluding hydrogens is 503 g/mol. The van der Waals surface area contributed by atoms with Gasteiger partial charge in [0.15, 0.2) is 0 Å². The summed E-state index contributed by atoms with van der Waals surface area (Å²) in [5.41, 5.74) is 7.50. The number of hydrogen-bond acceptors (Lipinski definition) is 4. The van der Waals surface area contributed by atoms with Crippen LogP contribution in [0.1, 0.15) is 18.7 Å². The number of hydrogen-bond donors (Lipinski definition) is 2. The lowest BCUT2D eigenvalue weighted by Crippen LogP contribution is -2.25. The summed E-state index contributed by atoms with van der Waals surface area (Å²) in [6.07, 6.45) is 4.38. The number of aryl methyl sites for hydroxylation is 1. The molecule has 1 aliphatic heterocycles. The van der Waals surface area contributed by atoms with E-state index in [-0.39, 0.29) is 5.82 Å². The first kappa shape index (κ1) is 24.6. The van der Waals surface area contributed by atoms with E-state index in [0.29, 0.717) is 12.4 Å². The highest BCUT2D eigenvalue weighted by Gasteiger charge is 2.16. The first-order chi connectivity index (χ1) is 19.5. The zero-order valence-electron chi connectivity index (χ0n) is 22.7. The fourth-order valence-corrected chi connectivity index (χ4v) is 5.78. The van der Waals surface area contributed by atoms with Crippen molar-refractivity contribution < 1.29 is 9.13 Å². The Labute approximate surface area is 231 Å². The van der Waals surface area contributed by atoms with Gasteiger partial charge in [-0.2, -0.15) is 5.10 Å². The van der Waals surface area contributed by atoms with Crippen molar-refractivity contribution in [2.24, 2.45) is 7.05 Å². The summed E-state index contributed by atoms with van der Waals surface area (Å²) in [5.74, 6) is 1.21. The largest absolute Gasteiger partial charge is 0.492 e. The van der Waals surface area contributed by atoms with Crippen LogP contribution in [0.2, 0.25) is 0 Å². The van der Waals surface area contributed by atoms with E-state index in [9.17, 15) is 4.39 Å². The quantitative estimate of drug-likeness (QED) is 0.239. The Morgan fingerprint density at radius 1 is 0.950 bits per heavy atom. The average Bonchev–Trinajstić information content (AvgIpc) is 3.75. The Morgan fingerprint density at radius 2 is 1.82 bits per heavy atom. The molecule has 6 aromatic rings. The minimum atomic E-state index is -0.308. The molecule has 3 aromatic carbocycles. The van der Waals surface area contributed by atoms with Crippen molar-refractivity contribution in [2.45, 2.75) is 19.8 Å². The van der Waals surface area contributed by atoms with Crippen LogP contribution in [0.5, 0.6) is 5.75 Å². The van der Waals surface area contributed by atoms with Gasteiger partial charge in [0.25, 0.3) is 0 Å². The molecule has 0 saturated carbocycles. The lowest BCUT2D eigenvalue weighted by Gasteiger charge is -2.15. The Morgan fingerprint density at radius 3 is 2.65 bits per heavy atom. The maximum atomic E-state index is 14.7. The minimum absolute atomic E-state index is 0.308. The van der Waals surface area contributed by atoms with Crippen LogP contribution in [-0.4, -0.2) is 55.9 Å². The molecule has 0 spiro atoms. The molecule has 0 aliphatic carbocycles. The van der Waals surface area contributed by atoms with Gasteiger partial charge in [-0.05, 0) is 80.4 Å². The molecule has 40 heavy (non-hydrogen) atoms. The van der Waals surface area contributed by atoms with Crippen molar-refractivity contribution in [2.75, 3.05) is 26.2 Å². The van der Waals surface area contributed by atoms with Gasteiger partial charge in [-0.25, -0.2) is 9.37 Å². The maximum absolute atomic E-state index is 14.7. The van der Waals surface area contributed by atoms with E-state index >= 15 is 0 Å². The molecule has 4 heterocycles. The SMILES string of the molecule is Cc1ncc(-c2ccc3[nH]nc(-c4cc5c(-c6cc(F)cc(OCCN7CCCC7)c6)cccc5[nH]4)c3c2)n1C. The van der Waals surface area contributed by atoms with Crippen LogP contribution in [-0.2, 0) is 7.05 Å². The van der Waals surface area contributed by atoms with Crippen molar-refractivity contribution in [3.63, 3.8) is 0 Å². The zero-order valence-corrected chi connectivity index (χ0v) is 22.7. The van der Waals surface area contributed by atoms with Gasteiger partial charge in [0.1, 0.15) is 29.7 Å². The number of fused-ring (bicyclic) bond motifs is 2. The Bertz CT molecular complexity index is 1840. The first-order valence-corrected chi connectivity index (χ1v) is 13.8. The van der Waals surface area contributed by atoms with E-state index in [4.69, 9.17) is 4.74 Å². The lowest BCUT2D eigenvalue weighted by molar-refractivity contribution is 0.237. The van der Waals surface area contributed by atoms with Gasteiger partial charge in [-0.3, -0.25) is 10.00 Å². The number of aromatic nitrogens is 5. The van der Waals surface area contributed by atoms with E-state index in [1.165, 1.54) is 18.9 Å². The highest BCUT2D eigenvalue weighted by Crippen LogP contribution is 2.36. The van der Waals surface area contributed by atoms with E-state index in [1.807, 2.05) is 44.4 Å². The number of benzene rings is 3. The highest BCUT2D eigenvalue weighted by molar-refractivity contribution is 6.01. The average molecular weight is 535 g/mol. The molecule has 0 atom stereocenters. The summed E-state index contributed by atoms with van der Waals surface area (Å²) in [4.78, 5) is 10.4. The van der Waals surface area contributed by atoms with Crippen molar-refractivity contribution in [3.05, 3.63) is 78.5 Å². The summed E-state index contributed by atoms with van der Waals surface area (Å²) in [6, 6.07) is 19.4. The predicted molar refractivity (Wildman–Crippen MR) is 157 cm³/mol. The van der Waals surface area contributed by atoms with Gasteiger partial charge < -0.3 is 14.3 Å². The van der Waals surface area contributed by atoms with Gasteiger partial charge in [0, 0.05) is 41.5 Å². The van der Waals surface area contributed by atoms with E-state index < -0.39 is 0 Å². The molecule has 0 radical (unpaired) electrons. The standard InChI is InChI=1S/C32H31FN6O/c1-20-34-19-31(38(20)2)21-8-9-29-27(16-21)32(37-36-29)30-18-26-25(6-5-7-28(26)35-30)22-14-23(33)17-24(15-22)40-13-12-39-10-3-4-11-39/h5-9,14-19,35H,3-4,10-13H2,1-2H3,(H,36,37). The summed E-state index contributed by atoms with van der Waals surface area (Å²) in [6.45, 7) is 5.64. The summed E-state index contributed by atoms with van der Waals surface area (Å²) < 4.78 is 22.8. The van der Waals surface area contributed by atoms with Crippen molar-refractivity contribution >= 4 is 21.8 Å². The molecule has 0 unspecified atom stereocenters. The van der Waals surface area contributed by atoms with Gasteiger partial charge in [0.2, 0.25) is 0 Å². The van der Waals surface area contributed by atoms with E-state index in [2.05, 4.69) is 53.9 Å². The van der Waals surface area contributed by atoms with Crippen LogP contribution >= 0.6 is 0 Å². The molecular formula is C32H31FN6O. The molecule has 202 valence electrons. The third-order valence-electron chi connectivity index (χ3n) is 8.06. The first-order valence-electron chi connectivity index (χ1n) is 13.8. The summed E-state index contributed by atoms with van der Waals surface area (Å²) >= 11 is 0. The third kappa shape index (κ3) is 4.44. The molecule has 8 heteroatoms. The summed E-state index contributed by atoms with van der Waals surface area (Å²) in [5, 5.41) is 9.84. The second-order valence-electron chi connectivity index (χ2n) is 10.6. The van der Waals surface area contributed by atoms with Crippen molar-refractivity contribution in [1.82, 2.24) is 29.6 Å². The van der Waals surface area contributed by atoms with Crippen LogP contribution in [0.3, 0.4) is 0 Å². The molecule has 7 nitrogen and oxygen atoms in total. The number of aromatic amines is 2. The van der Waals surface area contributed by atoms with Crippen LogP contribution in [0, 0.1) is 12.7 Å². The van der Waals surface area contributed by atoms with E-state index in [0.717, 1.165) is 81.0 Å². The number of ether oxygens (including phenoxy) is 1. The molecule has 1 fully saturated rings. The Kier molecular flexibility index (Phi) is 6.12. The monoisotopic (exact) mass is 534 g/mol. The number of rotatable bonds is 7. The second kappa shape index (κ2) is 9.95. The zero-order chi connectivity index (χ0) is 27.2. The van der Waals surface area contributed by atoms with Crippen LogP contribution in [0.15, 0.2) is 66.9 Å². The number of imidazole rings is 1. The molecule has 0 amide bonds. The molecule has 2 N–H and O–H groups in total. The predicted octanol–water partition coefficient (Wildman–Crippen LogP) is 6.70. The van der Waals surface area contributed by atoms with Crippen LogP contribution < -0.4 is 4.74 Å². The van der Waals surface area contributed by atoms with Gasteiger partial charge >= 0.3 is 0 Å². The molecule has 0 bridgehead atoms. The minimum Gasteiger partial charge on any atom is -0.492 e. The second-order valence-corrected chi connectivity index (χ2v) is 10.6. The van der Waals surface area contributed by atoms with Crippen LogP contribution in [0.25, 0.3) is 55.6 Å².